The van der Waals surface area contributed by atoms with Crippen LogP contribution < -0.4 is 15.0 Å². The molecular weight excluding hydrogens is 358 g/mol. The number of phenols is 1. The SMILES string of the molecule is CCOc1ccccc1NC(=O)OCCN1CCN(c2cccc(O)c2)CC1. The van der Waals surface area contributed by atoms with Crippen LogP contribution >= 0.6 is 0 Å². The van der Waals surface area contributed by atoms with Gasteiger partial charge in [0.15, 0.2) is 0 Å². The monoisotopic (exact) mass is 385 g/mol. The number of rotatable bonds is 7. The second-order valence-corrected chi connectivity index (χ2v) is 6.54. The Hall–Kier alpha value is -2.93. The fourth-order valence-corrected chi connectivity index (χ4v) is 3.18. The largest absolute Gasteiger partial charge is 0.508 e. The first-order valence-electron chi connectivity index (χ1n) is 9.57. The summed E-state index contributed by atoms with van der Waals surface area (Å²) in [6, 6.07) is 14.6. The van der Waals surface area contributed by atoms with E-state index in [4.69, 9.17) is 9.47 Å². The lowest BCUT2D eigenvalue weighted by molar-refractivity contribution is 0.137. The molecule has 2 aromatic rings. The van der Waals surface area contributed by atoms with E-state index < -0.39 is 6.09 Å². The molecule has 7 heteroatoms. The van der Waals surface area contributed by atoms with Crippen molar-refractivity contribution in [3.8, 4) is 11.5 Å². The maximum absolute atomic E-state index is 12.0. The number of carbonyl (C=O) groups is 1. The van der Waals surface area contributed by atoms with Gasteiger partial charge in [0.25, 0.3) is 0 Å². The summed E-state index contributed by atoms with van der Waals surface area (Å²) in [5.74, 6) is 0.912. The van der Waals surface area contributed by atoms with Crippen LogP contribution in [0.5, 0.6) is 11.5 Å². The van der Waals surface area contributed by atoms with Gasteiger partial charge in [0.2, 0.25) is 0 Å². The van der Waals surface area contributed by atoms with E-state index in [-0.39, 0.29) is 5.75 Å². The Kier molecular flexibility index (Phi) is 6.97. The van der Waals surface area contributed by atoms with Crippen molar-refractivity contribution in [3.05, 3.63) is 48.5 Å². The average molecular weight is 385 g/mol. The highest BCUT2D eigenvalue weighted by Gasteiger charge is 2.17. The first-order valence-corrected chi connectivity index (χ1v) is 9.57. The van der Waals surface area contributed by atoms with Gasteiger partial charge in [-0.25, -0.2) is 4.79 Å². The summed E-state index contributed by atoms with van der Waals surface area (Å²) in [6.45, 7) is 6.96. The number of piperazine rings is 1. The van der Waals surface area contributed by atoms with Crippen LogP contribution in [0.3, 0.4) is 0 Å². The maximum Gasteiger partial charge on any atom is 0.411 e. The second-order valence-electron chi connectivity index (χ2n) is 6.54. The highest BCUT2D eigenvalue weighted by atomic mass is 16.5. The standard InChI is InChI=1S/C21H27N3O4/c1-2-27-20-9-4-3-8-19(20)22-21(26)28-15-14-23-10-12-24(13-11-23)17-6-5-7-18(25)16-17/h3-9,16,25H,2,10-15H2,1H3,(H,22,26). The van der Waals surface area contributed by atoms with E-state index in [2.05, 4.69) is 15.1 Å². The van der Waals surface area contributed by atoms with E-state index >= 15 is 0 Å². The Morgan fingerprint density at radius 1 is 1.11 bits per heavy atom. The molecule has 0 aliphatic carbocycles. The first kappa shape index (κ1) is 19.8. The normalized spacial score (nSPS) is 14.5. The van der Waals surface area contributed by atoms with Gasteiger partial charge >= 0.3 is 6.09 Å². The number of phenolic OH excluding ortho intramolecular Hbond substituents is 1. The molecule has 150 valence electrons. The minimum Gasteiger partial charge on any atom is -0.508 e. The van der Waals surface area contributed by atoms with Crippen molar-refractivity contribution in [2.45, 2.75) is 6.92 Å². The number of anilines is 2. The third kappa shape index (κ3) is 5.53. The summed E-state index contributed by atoms with van der Waals surface area (Å²) in [5, 5.41) is 12.3. The fraction of sp³-hybridized carbons (Fsp3) is 0.381. The number of ether oxygens (including phenoxy) is 2. The smallest absolute Gasteiger partial charge is 0.411 e. The van der Waals surface area contributed by atoms with Crippen LogP contribution in [-0.4, -0.2) is 62.0 Å². The highest BCUT2D eigenvalue weighted by molar-refractivity contribution is 5.86. The number of para-hydroxylation sites is 2. The molecule has 0 radical (unpaired) electrons. The van der Waals surface area contributed by atoms with Gasteiger partial charge in [0.1, 0.15) is 18.1 Å². The molecule has 1 amide bonds. The molecule has 1 saturated heterocycles. The van der Waals surface area contributed by atoms with E-state index in [1.165, 1.54) is 0 Å². The van der Waals surface area contributed by atoms with Crippen molar-refractivity contribution in [2.24, 2.45) is 0 Å². The van der Waals surface area contributed by atoms with E-state index in [0.29, 0.717) is 31.2 Å². The number of amides is 1. The Morgan fingerprint density at radius 2 is 1.89 bits per heavy atom. The van der Waals surface area contributed by atoms with Crippen LogP contribution in [0.4, 0.5) is 16.2 Å². The summed E-state index contributed by atoms with van der Waals surface area (Å²) in [6.07, 6.45) is -0.481. The van der Waals surface area contributed by atoms with Crippen molar-refractivity contribution >= 4 is 17.5 Å². The minimum absolute atomic E-state index is 0.283. The van der Waals surface area contributed by atoms with Crippen LogP contribution in [-0.2, 0) is 4.74 Å². The summed E-state index contributed by atoms with van der Waals surface area (Å²) in [5.41, 5.74) is 1.64. The van der Waals surface area contributed by atoms with Crippen LogP contribution in [0.2, 0.25) is 0 Å². The van der Waals surface area contributed by atoms with Crippen LogP contribution in [0.1, 0.15) is 6.92 Å². The molecule has 1 aliphatic heterocycles. The number of aromatic hydroxyl groups is 1. The minimum atomic E-state index is -0.481. The predicted octanol–water partition coefficient (Wildman–Crippen LogP) is 3.16. The van der Waals surface area contributed by atoms with Crippen molar-refractivity contribution in [2.75, 3.05) is 56.2 Å². The van der Waals surface area contributed by atoms with Gasteiger partial charge in [0, 0.05) is 44.5 Å². The predicted molar refractivity (Wildman–Crippen MR) is 109 cm³/mol. The molecule has 1 aliphatic rings. The molecule has 0 aromatic heterocycles. The average Bonchev–Trinajstić information content (AvgIpc) is 2.70. The van der Waals surface area contributed by atoms with Crippen LogP contribution in [0, 0.1) is 0 Å². The lowest BCUT2D eigenvalue weighted by Gasteiger charge is -2.36. The Labute approximate surface area is 165 Å². The second kappa shape index (κ2) is 9.85. The molecule has 0 saturated carbocycles. The Morgan fingerprint density at radius 3 is 2.64 bits per heavy atom. The topological polar surface area (TPSA) is 74.3 Å². The fourth-order valence-electron chi connectivity index (χ4n) is 3.18. The molecule has 3 rings (SSSR count). The number of hydrogen-bond acceptors (Lipinski definition) is 6. The summed E-state index contributed by atoms with van der Waals surface area (Å²) >= 11 is 0. The molecule has 1 fully saturated rings. The van der Waals surface area contributed by atoms with Crippen molar-refractivity contribution in [3.63, 3.8) is 0 Å². The number of nitrogens with one attached hydrogen (secondary N) is 1. The summed E-state index contributed by atoms with van der Waals surface area (Å²) in [7, 11) is 0. The zero-order chi connectivity index (χ0) is 19.8. The number of carbonyl (C=O) groups excluding carboxylic acids is 1. The van der Waals surface area contributed by atoms with E-state index in [1.807, 2.05) is 37.3 Å². The molecule has 0 atom stereocenters. The molecule has 0 unspecified atom stereocenters. The summed E-state index contributed by atoms with van der Waals surface area (Å²) < 4.78 is 10.8. The van der Waals surface area contributed by atoms with E-state index in [1.54, 1.807) is 18.2 Å². The van der Waals surface area contributed by atoms with Gasteiger partial charge in [-0.1, -0.05) is 18.2 Å². The highest BCUT2D eigenvalue weighted by Crippen LogP contribution is 2.24. The van der Waals surface area contributed by atoms with Crippen molar-refractivity contribution < 1.29 is 19.4 Å². The van der Waals surface area contributed by atoms with Crippen molar-refractivity contribution in [1.29, 1.82) is 0 Å². The van der Waals surface area contributed by atoms with E-state index in [0.717, 1.165) is 31.9 Å². The quantitative estimate of drug-likeness (QED) is 0.763. The maximum atomic E-state index is 12.0. The lowest BCUT2D eigenvalue weighted by Crippen LogP contribution is -2.47. The zero-order valence-electron chi connectivity index (χ0n) is 16.1. The molecule has 1 heterocycles. The van der Waals surface area contributed by atoms with Gasteiger partial charge in [-0.3, -0.25) is 10.2 Å². The third-order valence-corrected chi connectivity index (χ3v) is 4.63. The third-order valence-electron chi connectivity index (χ3n) is 4.63. The van der Waals surface area contributed by atoms with Gasteiger partial charge in [0.05, 0.1) is 12.3 Å². The van der Waals surface area contributed by atoms with Gasteiger partial charge in [-0.15, -0.1) is 0 Å². The molecule has 2 aromatic carbocycles. The Bertz CT molecular complexity index is 776. The number of hydrogen-bond donors (Lipinski definition) is 2. The lowest BCUT2D eigenvalue weighted by atomic mass is 10.2. The zero-order valence-corrected chi connectivity index (χ0v) is 16.1. The van der Waals surface area contributed by atoms with E-state index in [9.17, 15) is 9.90 Å². The Balaban J connectivity index is 1.38. The first-order chi connectivity index (χ1) is 13.7. The molecular formula is C21H27N3O4. The molecule has 2 N–H and O–H groups in total. The molecule has 0 bridgehead atoms. The molecule has 0 spiro atoms. The number of benzene rings is 2. The van der Waals surface area contributed by atoms with Crippen LogP contribution in [0.15, 0.2) is 48.5 Å². The molecule has 7 nitrogen and oxygen atoms in total. The van der Waals surface area contributed by atoms with Gasteiger partial charge in [-0.2, -0.15) is 0 Å². The summed E-state index contributed by atoms with van der Waals surface area (Å²) in [4.78, 5) is 16.5. The van der Waals surface area contributed by atoms with Crippen LogP contribution in [0.25, 0.3) is 0 Å². The van der Waals surface area contributed by atoms with Crippen molar-refractivity contribution in [1.82, 2.24) is 4.90 Å². The molecule has 28 heavy (non-hydrogen) atoms. The van der Waals surface area contributed by atoms with Gasteiger partial charge in [-0.05, 0) is 31.2 Å². The van der Waals surface area contributed by atoms with Gasteiger partial charge < -0.3 is 19.5 Å². The number of nitrogens with zero attached hydrogens (tertiary/aromatic N) is 2.